The number of rotatable bonds is 5. The molecule has 0 saturated heterocycles. The molecule has 0 amide bonds. The molecule has 3 rings (SSSR count). The molecule has 0 aliphatic carbocycles. The van der Waals surface area contributed by atoms with Gasteiger partial charge in [-0.3, -0.25) is 4.79 Å². The summed E-state index contributed by atoms with van der Waals surface area (Å²) in [5.74, 6) is 0.976. The van der Waals surface area contributed by atoms with E-state index in [4.69, 9.17) is 9.15 Å². The van der Waals surface area contributed by atoms with Gasteiger partial charge >= 0.3 is 0 Å². The van der Waals surface area contributed by atoms with E-state index in [1.807, 2.05) is 42.5 Å². The van der Waals surface area contributed by atoms with Crippen LogP contribution in [-0.2, 0) is 17.6 Å². The van der Waals surface area contributed by atoms with Crippen LogP contribution in [0.2, 0.25) is 0 Å². The number of Topliss-reactive ketones (excluding diaryl/α,β-unsaturated/α-hetero) is 1. The number of benzene rings is 2. The van der Waals surface area contributed by atoms with Gasteiger partial charge in [0.2, 0.25) is 0 Å². The fraction of sp³-hybridized carbons (Fsp3) is 0.167. The van der Waals surface area contributed by atoms with Gasteiger partial charge in [-0.05, 0) is 40.1 Å². The first-order chi connectivity index (χ1) is 10.3. The number of carbonyl (C=O) groups is 1. The fourth-order valence-corrected chi connectivity index (χ4v) is 2.49. The average molecular weight is 280 g/mol. The number of hydrogen-bond donors (Lipinski definition) is 0. The summed E-state index contributed by atoms with van der Waals surface area (Å²) in [6, 6.07) is 13.8. The summed E-state index contributed by atoms with van der Waals surface area (Å²) >= 11 is 0. The molecule has 2 aromatic carbocycles. The van der Waals surface area contributed by atoms with Crippen molar-refractivity contribution in [2.75, 3.05) is 7.11 Å². The quantitative estimate of drug-likeness (QED) is 0.713. The molecule has 0 aliphatic rings. The largest absolute Gasteiger partial charge is 0.497 e. The van der Waals surface area contributed by atoms with Crippen molar-refractivity contribution >= 4 is 16.6 Å². The minimum Gasteiger partial charge on any atom is -0.497 e. The zero-order chi connectivity index (χ0) is 14.7. The van der Waals surface area contributed by atoms with Gasteiger partial charge in [-0.25, -0.2) is 0 Å². The number of carbonyl (C=O) groups excluding carboxylic acids is 1. The summed E-state index contributed by atoms with van der Waals surface area (Å²) in [4.78, 5) is 12.2. The zero-order valence-electron chi connectivity index (χ0n) is 11.8. The standard InChI is InChI=1S/C18H16O3/c1-20-17-6-5-14-3-2-4-15(18(14)11-17)10-16(19)9-13-7-8-21-12-13/h2-8,11-12H,9-10H2,1H3. The maximum absolute atomic E-state index is 12.2. The Morgan fingerprint density at radius 3 is 2.81 bits per heavy atom. The van der Waals surface area contributed by atoms with Crippen LogP contribution in [0.15, 0.2) is 59.4 Å². The van der Waals surface area contributed by atoms with Crippen LogP contribution in [0.3, 0.4) is 0 Å². The lowest BCUT2D eigenvalue weighted by molar-refractivity contribution is -0.117. The first-order valence-electron chi connectivity index (χ1n) is 6.84. The predicted molar refractivity (Wildman–Crippen MR) is 81.6 cm³/mol. The molecule has 0 N–H and O–H groups in total. The molecule has 3 heteroatoms. The van der Waals surface area contributed by atoms with E-state index in [1.54, 1.807) is 19.6 Å². The molecular weight excluding hydrogens is 264 g/mol. The Morgan fingerprint density at radius 2 is 2.05 bits per heavy atom. The number of ether oxygens (including phenoxy) is 1. The molecule has 3 nitrogen and oxygen atoms in total. The molecule has 0 bridgehead atoms. The van der Waals surface area contributed by atoms with Gasteiger partial charge < -0.3 is 9.15 Å². The fourth-order valence-electron chi connectivity index (χ4n) is 2.49. The highest BCUT2D eigenvalue weighted by atomic mass is 16.5. The van der Waals surface area contributed by atoms with Crippen molar-refractivity contribution in [1.29, 1.82) is 0 Å². The van der Waals surface area contributed by atoms with E-state index in [0.717, 1.165) is 27.6 Å². The Hall–Kier alpha value is -2.55. The summed E-state index contributed by atoms with van der Waals surface area (Å²) < 4.78 is 10.3. The lowest BCUT2D eigenvalue weighted by atomic mass is 9.98. The Balaban J connectivity index is 1.87. The normalized spacial score (nSPS) is 10.7. The van der Waals surface area contributed by atoms with Crippen LogP contribution in [0.1, 0.15) is 11.1 Å². The maximum Gasteiger partial charge on any atom is 0.141 e. The number of methoxy groups -OCH3 is 1. The van der Waals surface area contributed by atoms with Gasteiger partial charge in [0.25, 0.3) is 0 Å². The average Bonchev–Trinajstić information content (AvgIpc) is 3.00. The van der Waals surface area contributed by atoms with Crippen LogP contribution < -0.4 is 4.74 Å². The smallest absolute Gasteiger partial charge is 0.141 e. The van der Waals surface area contributed by atoms with Gasteiger partial charge in [-0.15, -0.1) is 0 Å². The van der Waals surface area contributed by atoms with Crippen molar-refractivity contribution in [1.82, 2.24) is 0 Å². The van der Waals surface area contributed by atoms with Crippen molar-refractivity contribution in [2.45, 2.75) is 12.8 Å². The summed E-state index contributed by atoms with van der Waals surface area (Å²) in [5.41, 5.74) is 1.94. The van der Waals surface area contributed by atoms with E-state index >= 15 is 0 Å². The van der Waals surface area contributed by atoms with Crippen molar-refractivity contribution in [2.24, 2.45) is 0 Å². The van der Waals surface area contributed by atoms with Crippen LogP contribution in [-0.4, -0.2) is 12.9 Å². The molecule has 106 valence electrons. The molecule has 0 spiro atoms. The molecule has 0 saturated carbocycles. The Labute approximate surface area is 123 Å². The molecule has 3 aromatic rings. The van der Waals surface area contributed by atoms with Crippen LogP contribution in [0.25, 0.3) is 10.8 Å². The van der Waals surface area contributed by atoms with Crippen molar-refractivity contribution in [3.63, 3.8) is 0 Å². The van der Waals surface area contributed by atoms with Crippen LogP contribution in [0, 0.1) is 0 Å². The minimum atomic E-state index is 0.173. The zero-order valence-corrected chi connectivity index (χ0v) is 11.8. The van der Waals surface area contributed by atoms with Gasteiger partial charge in [-0.2, -0.15) is 0 Å². The highest BCUT2D eigenvalue weighted by Crippen LogP contribution is 2.24. The van der Waals surface area contributed by atoms with E-state index in [0.29, 0.717) is 12.8 Å². The van der Waals surface area contributed by atoms with Gasteiger partial charge in [0.1, 0.15) is 11.5 Å². The highest BCUT2D eigenvalue weighted by molar-refractivity contribution is 5.92. The van der Waals surface area contributed by atoms with E-state index < -0.39 is 0 Å². The topological polar surface area (TPSA) is 39.4 Å². The summed E-state index contributed by atoms with van der Waals surface area (Å²) in [5, 5.41) is 2.18. The van der Waals surface area contributed by atoms with Crippen LogP contribution in [0.4, 0.5) is 0 Å². The molecule has 1 heterocycles. The third-order valence-electron chi connectivity index (χ3n) is 3.55. The van der Waals surface area contributed by atoms with Gasteiger partial charge in [0.15, 0.2) is 0 Å². The molecule has 0 fully saturated rings. The molecule has 0 atom stereocenters. The number of hydrogen-bond acceptors (Lipinski definition) is 3. The highest BCUT2D eigenvalue weighted by Gasteiger charge is 2.09. The summed E-state index contributed by atoms with van der Waals surface area (Å²) in [7, 11) is 1.65. The molecule has 0 radical (unpaired) electrons. The summed E-state index contributed by atoms with van der Waals surface area (Å²) in [6.45, 7) is 0. The number of ketones is 1. The lowest BCUT2D eigenvalue weighted by Crippen LogP contribution is -2.06. The van der Waals surface area contributed by atoms with Crippen molar-refractivity contribution in [3.8, 4) is 5.75 Å². The lowest BCUT2D eigenvalue weighted by Gasteiger charge is -2.08. The maximum atomic E-state index is 12.2. The molecule has 21 heavy (non-hydrogen) atoms. The van der Waals surface area contributed by atoms with Crippen LogP contribution >= 0.6 is 0 Å². The summed E-state index contributed by atoms with van der Waals surface area (Å²) in [6.07, 6.45) is 4.02. The second kappa shape index (κ2) is 5.83. The molecule has 1 aromatic heterocycles. The molecule has 0 aliphatic heterocycles. The van der Waals surface area contributed by atoms with Crippen molar-refractivity contribution < 1.29 is 13.9 Å². The van der Waals surface area contributed by atoms with E-state index in [9.17, 15) is 4.79 Å². The monoisotopic (exact) mass is 280 g/mol. The Bertz CT molecular complexity index is 757. The Kier molecular flexibility index (Phi) is 3.73. The second-order valence-electron chi connectivity index (χ2n) is 5.03. The van der Waals surface area contributed by atoms with Gasteiger partial charge in [0, 0.05) is 12.8 Å². The molecule has 0 unspecified atom stereocenters. The van der Waals surface area contributed by atoms with Crippen molar-refractivity contribution in [3.05, 3.63) is 66.1 Å². The first-order valence-corrected chi connectivity index (χ1v) is 6.84. The third kappa shape index (κ3) is 2.97. The second-order valence-corrected chi connectivity index (χ2v) is 5.03. The van der Waals surface area contributed by atoms with E-state index in [2.05, 4.69) is 0 Å². The third-order valence-corrected chi connectivity index (χ3v) is 3.55. The number of furan rings is 1. The van der Waals surface area contributed by atoms with Crippen LogP contribution in [0.5, 0.6) is 5.75 Å². The predicted octanol–water partition coefficient (Wildman–Crippen LogP) is 3.80. The minimum absolute atomic E-state index is 0.173. The number of fused-ring (bicyclic) bond motifs is 1. The Morgan fingerprint density at radius 1 is 1.14 bits per heavy atom. The first kappa shape index (κ1) is 13.4. The van der Waals surface area contributed by atoms with Gasteiger partial charge in [-0.1, -0.05) is 24.3 Å². The van der Waals surface area contributed by atoms with Gasteiger partial charge in [0.05, 0.1) is 19.6 Å². The SMILES string of the molecule is COc1ccc2cccc(CC(=O)Cc3ccoc3)c2c1. The molecular formula is C18H16O3. The van der Waals surface area contributed by atoms with E-state index in [1.165, 1.54) is 0 Å². The van der Waals surface area contributed by atoms with E-state index in [-0.39, 0.29) is 5.78 Å².